The maximum atomic E-state index is 12.5. The summed E-state index contributed by atoms with van der Waals surface area (Å²) in [6.07, 6.45) is 2.84. The Morgan fingerprint density at radius 3 is 1.98 bits per heavy atom. The number of H-pyrrole nitrogens is 1. The molecule has 2 aliphatic rings. The molecule has 41 heavy (non-hydrogen) atoms. The van der Waals surface area contributed by atoms with E-state index >= 15 is 0 Å². The zero-order valence-electron chi connectivity index (χ0n) is 22.2. The number of carbonyl (C=O) groups excluding carboxylic acids is 1. The lowest BCUT2D eigenvalue weighted by atomic mass is 10.0. The monoisotopic (exact) mass is 586 g/mol. The van der Waals surface area contributed by atoms with Crippen LogP contribution >= 0.6 is 12.4 Å². The van der Waals surface area contributed by atoms with Crippen LogP contribution in [0.1, 0.15) is 23.2 Å². The van der Waals surface area contributed by atoms with Crippen molar-refractivity contribution in [3.8, 4) is 5.75 Å². The lowest BCUT2D eigenvalue weighted by molar-refractivity contribution is 0.102. The van der Waals surface area contributed by atoms with Crippen molar-refractivity contribution in [3.63, 3.8) is 0 Å². The molecule has 220 valence electrons. The maximum absolute atomic E-state index is 12.5. The number of piperidine rings is 2. The Balaban J connectivity index is 0.00000387. The molecule has 15 nitrogen and oxygen atoms in total. The molecule has 1 amide bonds. The van der Waals surface area contributed by atoms with Gasteiger partial charge in [-0.05, 0) is 37.1 Å². The molecule has 5 rings (SSSR count). The van der Waals surface area contributed by atoms with Crippen LogP contribution in [0, 0.1) is 0 Å². The molecule has 16 heteroatoms. The van der Waals surface area contributed by atoms with Crippen LogP contribution in [-0.2, 0) is 0 Å². The van der Waals surface area contributed by atoms with Gasteiger partial charge in [-0.25, -0.2) is 0 Å². The average molecular weight is 587 g/mol. The van der Waals surface area contributed by atoms with Gasteiger partial charge >= 0.3 is 0 Å². The summed E-state index contributed by atoms with van der Waals surface area (Å²) < 4.78 is 0. The molecule has 4 atom stereocenters. The summed E-state index contributed by atoms with van der Waals surface area (Å²) in [6, 6.07) is 6.98. The van der Waals surface area contributed by atoms with Crippen molar-refractivity contribution >= 4 is 47.5 Å². The number of halogens is 1. The highest BCUT2D eigenvalue weighted by atomic mass is 35.5. The molecule has 1 aromatic carbocycles. The molecule has 2 saturated heterocycles. The summed E-state index contributed by atoms with van der Waals surface area (Å²) >= 11 is 0. The van der Waals surface area contributed by atoms with E-state index in [0.29, 0.717) is 56.6 Å². The van der Waals surface area contributed by atoms with Gasteiger partial charge in [0.1, 0.15) is 11.3 Å². The van der Waals surface area contributed by atoms with Gasteiger partial charge in [0, 0.05) is 68.3 Å². The third-order valence-electron chi connectivity index (χ3n) is 6.77. The fourth-order valence-corrected chi connectivity index (χ4v) is 5.01. The van der Waals surface area contributed by atoms with Gasteiger partial charge in [0.05, 0.1) is 5.69 Å². The molecule has 2 fully saturated rings. The highest BCUT2D eigenvalue weighted by Gasteiger charge is 2.29. The van der Waals surface area contributed by atoms with E-state index in [9.17, 15) is 14.7 Å². The molecule has 2 aromatic heterocycles. The van der Waals surface area contributed by atoms with Crippen molar-refractivity contribution in [3.05, 3.63) is 52.4 Å². The minimum Gasteiger partial charge on any atom is -0.506 e. The van der Waals surface area contributed by atoms with Crippen molar-refractivity contribution in [2.75, 3.05) is 46.6 Å². The fourth-order valence-electron chi connectivity index (χ4n) is 5.01. The Labute approximate surface area is 242 Å². The molecule has 0 saturated carbocycles. The van der Waals surface area contributed by atoms with E-state index in [4.69, 9.17) is 27.9 Å². The van der Waals surface area contributed by atoms with Crippen LogP contribution in [0.2, 0.25) is 0 Å². The fraction of sp³-hybridized carbons (Fsp3) is 0.400. The first-order valence-corrected chi connectivity index (χ1v) is 13.0. The minimum atomic E-state index is -0.652. The Kier molecular flexibility index (Phi) is 9.25. The number of phenolic OH excluding ortho intramolecular Hbond substituents is 1. The van der Waals surface area contributed by atoms with Crippen molar-refractivity contribution < 1.29 is 9.90 Å². The van der Waals surface area contributed by atoms with E-state index in [0.717, 1.165) is 0 Å². The highest BCUT2D eigenvalue weighted by Crippen LogP contribution is 2.29. The Hall–Kier alpha value is -4.02. The second-order valence-corrected chi connectivity index (χ2v) is 10.3. The van der Waals surface area contributed by atoms with Gasteiger partial charge < -0.3 is 53.5 Å². The molecule has 0 unspecified atom stereocenters. The number of benzene rings is 1. The first-order chi connectivity index (χ1) is 19.1. The highest BCUT2D eigenvalue weighted by molar-refractivity contribution is 6.04. The topological polar surface area (TPSA) is 243 Å². The van der Waals surface area contributed by atoms with Gasteiger partial charge in [0.25, 0.3) is 11.5 Å². The van der Waals surface area contributed by atoms with Gasteiger partial charge in [-0.15, -0.1) is 12.4 Å². The molecule has 0 bridgehead atoms. The van der Waals surface area contributed by atoms with Gasteiger partial charge in [-0.2, -0.15) is 15.0 Å². The number of pyridine rings is 1. The summed E-state index contributed by atoms with van der Waals surface area (Å²) in [5.74, 6) is 0.174. The van der Waals surface area contributed by atoms with Crippen LogP contribution in [0.25, 0.3) is 0 Å². The van der Waals surface area contributed by atoms with Crippen molar-refractivity contribution in [1.29, 1.82) is 0 Å². The average Bonchev–Trinajstić information content (AvgIpc) is 2.89. The van der Waals surface area contributed by atoms with Gasteiger partial charge in [-0.3, -0.25) is 9.59 Å². The number of anilines is 5. The molecular formula is C25H35ClN12O3. The molecule has 0 spiro atoms. The summed E-state index contributed by atoms with van der Waals surface area (Å²) in [4.78, 5) is 44.6. The molecule has 12 N–H and O–H groups in total. The van der Waals surface area contributed by atoms with Crippen LogP contribution in [0.4, 0.5) is 29.2 Å². The normalized spacial score (nSPS) is 22.5. The molecular weight excluding hydrogens is 552 g/mol. The van der Waals surface area contributed by atoms with Crippen LogP contribution in [-0.4, -0.2) is 81.3 Å². The van der Waals surface area contributed by atoms with Crippen molar-refractivity contribution in [2.45, 2.75) is 37.0 Å². The zero-order chi connectivity index (χ0) is 28.4. The second kappa shape index (κ2) is 12.7. The second-order valence-electron chi connectivity index (χ2n) is 10.3. The largest absolute Gasteiger partial charge is 0.506 e. The number of nitrogens with one attached hydrogen (secondary N) is 3. The van der Waals surface area contributed by atoms with Crippen LogP contribution in [0.15, 0.2) is 41.3 Å². The lowest BCUT2D eigenvalue weighted by Crippen LogP contribution is -2.54. The molecule has 4 heterocycles. The number of aromatic nitrogens is 4. The van der Waals surface area contributed by atoms with E-state index in [-0.39, 0.29) is 59.5 Å². The molecule has 2 aliphatic heterocycles. The first-order valence-electron chi connectivity index (χ1n) is 13.0. The minimum absolute atomic E-state index is 0. The van der Waals surface area contributed by atoms with Gasteiger partial charge in [-0.1, -0.05) is 0 Å². The molecule has 0 aliphatic carbocycles. The van der Waals surface area contributed by atoms with E-state index in [1.54, 1.807) is 6.07 Å². The maximum Gasteiger partial charge on any atom is 0.261 e. The number of nitrogens with two attached hydrogens (primary N) is 4. The number of aromatic hydroxyl groups is 1. The summed E-state index contributed by atoms with van der Waals surface area (Å²) in [5.41, 5.74) is 24.8. The smallest absolute Gasteiger partial charge is 0.261 e. The predicted molar refractivity (Wildman–Crippen MR) is 159 cm³/mol. The zero-order valence-corrected chi connectivity index (χ0v) is 23.1. The van der Waals surface area contributed by atoms with Gasteiger partial charge in [0.15, 0.2) is 0 Å². The summed E-state index contributed by atoms with van der Waals surface area (Å²) in [7, 11) is 0. The number of nitrogens with zero attached hydrogens (tertiary/aromatic N) is 5. The number of aromatic amines is 1. The first kappa shape index (κ1) is 30.0. The molecule has 3 aromatic rings. The number of hydrogen-bond acceptors (Lipinski definition) is 13. The van der Waals surface area contributed by atoms with E-state index in [2.05, 4.69) is 25.6 Å². The lowest BCUT2D eigenvalue weighted by Gasteiger charge is -2.37. The predicted octanol–water partition coefficient (Wildman–Crippen LogP) is -0.587. The summed E-state index contributed by atoms with van der Waals surface area (Å²) in [6.45, 7) is 2.15. The quantitative estimate of drug-likeness (QED) is 0.169. The third-order valence-corrected chi connectivity index (χ3v) is 6.77. The Morgan fingerprint density at radius 1 is 0.902 bits per heavy atom. The van der Waals surface area contributed by atoms with Crippen LogP contribution < -0.4 is 48.9 Å². The number of rotatable bonds is 6. The SMILES string of the molecule is Cl.N[C@@H]1C[C@H](N)CN(c2nc(Nc3ccc(NC(=O)c4ccc[nH]c4=O)c(O)c3)nc(N3C[C@H](N)C[C@H](N)C3)n2)C1. The molecule has 0 radical (unpaired) electrons. The number of phenols is 1. The Morgan fingerprint density at radius 2 is 1.46 bits per heavy atom. The number of carbonyl (C=O) groups is 1. The van der Waals surface area contributed by atoms with E-state index < -0.39 is 11.5 Å². The van der Waals surface area contributed by atoms with E-state index in [1.165, 1.54) is 30.5 Å². The number of amides is 1. The standard InChI is InChI=1S/C25H34N12O3.ClH/c26-13-6-14(27)10-36(9-13)24-33-23(34-25(35-24)37-11-15(28)7-16(29)12-37)31-17-3-4-19(20(38)8-17)32-22(40)18-2-1-5-30-21(18)39;/h1-5,8,13-16,38H,6-7,9-12,26-29H2,(H,30,39)(H,32,40)(H,31,33,34,35);1H/t13-,14+,15-,16+;. The van der Waals surface area contributed by atoms with Gasteiger partial charge in [0.2, 0.25) is 17.8 Å². The third kappa shape index (κ3) is 7.20. The van der Waals surface area contributed by atoms with E-state index in [1.807, 2.05) is 9.80 Å². The van der Waals surface area contributed by atoms with Crippen molar-refractivity contribution in [2.24, 2.45) is 22.9 Å². The Bertz CT molecular complexity index is 1370. The van der Waals surface area contributed by atoms with Crippen LogP contribution in [0.3, 0.4) is 0 Å². The number of hydrogen-bond donors (Lipinski definition) is 8. The summed E-state index contributed by atoms with van der Waals surface area (Å²) in [5, 5.41) is 16.2. The van der Waals surface area contributed by atoms with Crippen molar-refractivity contribution in [1.82, 2.24) is 19.9 Å². The van der Waals surface area contributed by atoms with Crippen LogP contribution in [0.5, 0.6) is 5.75 Å².